The van der Waals surface area contributed by atoms with Crippen LogP contribution in [0.15, 0.2) is 60.1 Å². The van der Waals surface area contributed by atoms with Crippen molar-refractivity contribution >= 4 is 23.2 Å². The maximum Gasteiger partial charge on any atom is 0.251 e. The zero-order valence-electron chi connectivity index (χ0n) is 14.0. The van der Waals surface area contributed by atoms with Crippen molar-refractivity contribution in [3.8, 4) is 10.7 Å². The minimum Gasteiger partial charge on any atom is -0.354 e. The Balaban J connectivity index is 1.41. The van der Waals surface area contributed by atoms with Gasteiger partial charge in [-0.3, -0.25) is 14.6 Å². The first-order valence-electron chi connectivity index (χ1n) is 8.18. The Morgan fingerprint density at radius 3 is 2.50 bits per heavy atom. The predicted octanol–water partition coefficient (Wildman–Crippen LogP) is 2.29. The molecule has 1 aromatic carbocycles. The molecular formula is C19H18N4O2S. The van der Waals surface area contributed by atoms with Gasteiger partial charge in [-0.05, 0) is 24.3 Å². The standard InChI is InChI=1S/C19H18N4O2S/c24-17(21-10-11-22-18(25)14-6-2-1-3-7-14)12-15-13-26-19(23-15)16-8-4-5-9-20-16/h1-9,13H,10-12H2,(H,21,24)(H,22,25). The van der Waals surface area contributed by atoms with Crippen LogP contribution in [0.5, 0.6) is 0 Å². The van der Waals surface area contributed by atoms with Crippen LogP contribution in [0.4, 0.5) is 0 Å². The number of nitrogens with one attached hydrogen (secondary N) is 2. The molecule has 0 radical (unpaired) electrons. The Hall–Kier alpha value is -3.06. The maximum atomic E-state index is 12.0. The average Bonchev–Trinajstić information content (AvgIpc) is 3.15. The molecule has 0 aliphatic carbocycles. The molecule has 26 heavy (non-hydrogen) atoms. The number of carbonyl (C=O) groups excluding carboxylic acids is 2. The van der Waals surface area contributed by atoms with Crippen LogP contribution in [-0.4, -0.2) is 34.9 Å². The van der Waals surface area contributed by atoms with Crippen molar-refractivity contribution in [1.82, 2.24) is 20.6 Å². The van der Waals surface area contributed by atoms with Crippen molar-refractivity contribution in [3.63, 3.8) is 0 Å². The summed E-state index contributed by atoms with van der Waals surface area (Å²) in [6, 6.07) is 14.6. The van der Waals surface area contributed by atoms with Crippen LogP contribution in [0.2, 0.25) is 0 Å². The van der Waals surface area contributed by atoms with Gasteiger partial charge < -0.3 is 10.6 Å². The van der Waals surface area contributed by atoms with Crippen LogP contribution in [0.3, 0.4) is 0 Å². The molecule has 2 heterocycles. The fraction of sp³-hybridized carbons (Fsp3) is 0.158. The molecule has 0 bridgehead atoms. The van der Waals surface area contributed by atoms with Gasteiger partial charge in [-0.25, -0.2) is 4.98 Å². The Morgan fingerprint density at radius 2 is 1.73 bits per heavy atom. The van der Waals surface area contributed by atoms with E-state index in [9.17, 15) is 9.59 Å². The summed E-state index contributed by atoms with van der Waals surface area (Å²) >= 11 is 1.46. The molecule has 6 nitrogen and oxygen atoms in total. The summed E-state index contributed by atoms with van der Waals surface area (Å²) < 4.78 is 0. The topological polar surface area (TPSA) is 84.0 Å². The number of aromatic nitrogens is 2. The largest absolute Gasteiger partial charge is 0.354 e. The molecule has 0 atom stereocenters. The van der Waals surface area contributed by atoms with Crippen molar-refractivity contribution in [2.45, 2.75) is 6.42 Å². The second-order valence-electron chi connectivity index (χ2n) is 5.51. The Morgan fingerprint density at radius 1 is 0.962 bits per heavy atom. The van der Waals surface area contributed by atoms with E-state index in [1.165, 1.54) is 11.3 Å². The number of nitrogens with zero attached hydrogens (tertiary/aromatic N) is 2. The average molecular weight is 366 g/mol. The molecule has 0 unspecified atom stereocenters. The number of carbonyl (C=O) groups is 2. The van der Waals surface area contributed by atoms with E-state index in [-0.39, 0.29) is 18.2 Å². The highest BCUT2D eigenvalue weighted by Crippen LogP contribution is 2.21. The smallest absolute Gasteiger partial charge is 0.251 e. The van der Waals surface area contributed by atoms with Crippen molar-refractivity contribution in [2.24, 2.45) is 0 Å². The number of rotatable bonds is 7. The molecule has 0 saturated heterocycles. The van der Waals surface area contributed by atoms with Gasteiger partial charge in [0.15, 0.2) is 0 Å². The Bertz CT molecular complexity index is 866. The minimum absolute atomic E-state index is 0.128. The van der Waals surface area contributed by atoms with E-state index in [4.69, 9.17) is 0 Å². The molecule has 3 rings (SSSR count). The molecule has 0 aliphatic rings. The molecule has 132 valence electrons. The van der Waals surface area contributed by atoms with Gasteiger partial charge in [-0.15, -0.1) is 11.3 Å². The highest BCUT2D eigenvalue weighted by atomic mass is 32.1. The van der Waals surface area contributed by atoms with Gasteiger partial charge in [0.2, 0.25) is 5.91 Å². The lowest BCUT2D eigenvalue weighted by Crippen LogP contribution is -2.35. The number of benzene rings is 1. The highest BCUT2D eigenvalue weighted by Gasteiger charge is 2.09. The van der Waals surface area contributed by atoms with E-state index in [1.807, 2.05) is 41.8 Å². The lowest BCUT2D eigenvalue weighted by molar-refractivity contribution is -0.120. The minimum atomic E-state index is -0.153. The summed E-state index contributed by atoms with van der Waals surface area (Å²) in [4.78, 5) is 32.6. The number of amides is 2. The zero-order valence-corrected chi connectivity index (χ0v) is 14.8. The molecule has 3 aromatic rings. The number of hydrogen-bond acceptors (Lipinski definition) is 5. The molecule has 0 fully saturated rings. The van der Waals surface area contributed by atoms with Gasteiger partial charge in [0, 0.05) is 30.2 Å². The first-order valence-corrected chi connectivity index (χ1v) is 9.06. The van der Waals surface area contributed by atoms with Crippen LogP contribution in [-0.2, 0) is 11.2 Å². The fourth-order valence-corrected chi connectivity index (χ4v) is 3.09. The fourth-order valence-electron chi connectivity index (χ4n) is 2.29. The summed E-state index contributed by atoms with van der Waals surface area (Å²) in [7, 11) is 0. The van der Waals surface area contributed by atoms with Gasteiger partial charge in [-0.1, -0.05) is 24.3 Å². The van der Waals surface area contributed by atoms with Crippen molar-refractivity contribution in [2.75, 3.05) is 13.1 Å². The van der Waals surface area contributed by atoms with E-state index in [1.54, 1.807) is 18.3 Å². The van der Waals surface area contributed by atoms with Crippen LogP contribution < -0.4 is 10.6 Å². The summed E-state index contributed by atoms with van der Waals surface area (Å²) in [5.74, 6) is -0.281. The lowest BCUT2D eigenvalue weighted by Gasteiger charge is -2.06. The Kier molecular flexibility index (Phi) is 6.05. The molecule has 7 heteroatoms. The first-order chi connectivity index (χ1) is 12.7. The second kappa shape index (κ2) is 8.87. The number of pyridine rings is 1. The van der Waals surface area contributed by atoms with Gasteiger partial charge in [0.1, 0.15) is 5.01 Å². The quantitative estimate of drug-likeness (QED) is 0.629. The van der Waals surface area contributed by atoms with E-state index >= 15 is 0 Å². The van der Waals surface area contributed by atoms with Crippen molar-refractivity contribution in [3.05, 3.63) is 71.4 Å². The third-order valence-electron chi connectivity index (χ3n) is 3.55. The molecule has 2 aromatic heterocycles. The predicted molar refractivity (Wildman–Crippen MR) is 101 cm³/mol. The molecular weight excluding hydrogens is 348 g/mol. The molecule has 2 N–H and O–H groups in total. The van der Waals surface area contributed by atoms with Gasteiger partial charge >= 0.3 is 0 Å². The zero-order chi connectivity index (χ0) is 18.2. The molecule has 0 saturated carbocycles. The molecule has 2 amide bonds. The van der Waals surface area contributed by atoms with Gasteiger partial charge in [0.05, 0.1) is 17.8 Å². The second-order valence-corrected chi connectivity index (χ2v) is 6.37. The SMILES string of the molecule is O=C(Cc1csc(-c2ccccn2)n1)NCCNC(=O)c1ccccc1. The maximum absolute atomic E-state index is 12.0. The first kappa shape index (κ1) is 17.8. The molecule has 0 aliphatic heterocycles. The van der Waals surface area contributed by atoms with Crippen LogP contribution in [0.1, 0.15) is 16.1 Å². The van der Waals surface area contributed by atoms with E-state index in [0.717, 1.165) is 10.7 Å². The monoisotopic (exact) mass is 366 g/mol. The third-order valence-corrected chi connectivity index (χ3v) is 4.46. The number of hydrogen-bond donors (Lipinski definition) is 2. The summed E-state index contributed by atoms with van der Waals surface area (Å²) in [6.45, 7) is 0.740. The van der Waals surface area contributed by atoms with Crippen LogP contribution in [0, 0.1) is 0 Å². The molecule has 0 spiro atoms. The van der Waals surface area contributed by atoms with E-state index < -0.39 is 0 Å². The highest BCUT2D eigenvalue weighted by molar-refractivity contribution is 7.13. The van der Waals surface area contributed by atoms with E-state index in [0.29, 0.717) is 24.3 Å². The summed E-state index contributed by atoms with van der Waals surface area (Å²) in [5, 5.41) is 8.21. The van der Waals surface area contributed by atoms with Crippen LogP contribution in [0.25, 0.3) is 10.7 Å². The third kappa shape index (κ3) is 4.97. The van der Waals surface area contributed by atoms with E-state index in [2.05, 4.69) is 20.6 Å². The van der Waals surface area contributed by atoms with Crippen LogP contribution >= 0.6 is 11.3 Å². The van der Waals surface area contributed by atoms with Crippen molar-refractivity contribution < 1.29 is 9.59 Å². The summed E-state index contributed by atoms with van der Waals surface area (Å²) in [6.07, 6.45) is 1.92. The van der Waals surface area contributed by atoms with Gasteiger partial charge in [-0.2, -0.15) is 0 Å². The Labute approximate surface area is 155 Å². The number of thiazole rings is 1. The summed E-state index contributed by atoms with van der Waals surface area (Å²) in [5.41, 5.74) is 2.11. The van der Waals surface area contributed by atoms with Gasteiger partial charge in [0.25, 0.3) is 5.91 Å². The normalized spacial score (nSPS) is 10.3. The van der Waals surface area contributed by atoms with Crippen molar-refractivity contribution in [1.29, 1.82) is 0 Å². The lowest BCUT2D eigenvalue weighted by atomic mass is 10.2.